The Morgan fingerprint density at radius 3 is 3.11 bits per heavy atom. The molecule has 0 unspecified atom stereocenters. The van der Waals surface area contributed by atoms with Gasteiger partial charge >= 0.3 is 0 Å². The number of pyridine rings is 1. The molecule has 6 heteroatoms. The number of amides is 1. The van der Waals surface area contributed by atoms with Crippen LogP contribution in [0.3, 0.4) is 0 Å². The minimum atomic E-state index is -0.636. The highest BCUT2D eigenvalue weighted by Gasteiger charge is 2.32. The third-order valence-corrected chi connectivity index (χ3v) is 3.20. The van der Waals surface area contributed by atoms with E-state index in [1.54, 1.807) is 24.4 Å². The van der Waals surface area contributed by atoms with Gasteiger partial charge in [0.05, 0.1) is 19.3 Å². The number of hydrogen-bond acceptors (Lipinski definition) is 5. The van der Waals surface area contributed by atoms with Crippen molar-refractivity contribution in [3.05, 3.63) is 30.1 Å². The molecule has 1 aliphatic heterocycles. The van der Waals surface area contributed by atoms with E-state index in [0.29, 0.717) is 25.5 Å². The fourth-order valence-corrected chi connectivity index (χ4v) is 2.03. The van der Waals surface area contributed by atoms with Gasteiger partial charge in [-0.3, -0.25) is 9.78 Å². The molecule has 2 N–H and O–H groups in total. The van der Waals surface area contributed by atoms with Crippen LogP contribution in [0.2, 0.25) is 0 Å². The van der Waals surface area contributed by atoms with Crippen LogP contribution in [-0.2, 0) is 9.47 Å². The number of ether oxygens (including phenoxy) is 2. The fraction of sp³-hybridized carbons (Fsp3) is 0.538. The second-order valence-electron chi connectivity index (χ2n) is 4.49. The van der Waals surface area contributed by atoms with Gasteiger partial charge in [-0.1, -0.05) is 6.07 Å². The molecule has 1 aromatic heterocycles. The molecule has 1 saturated heterocycles. The monoisotopic (exact) mass is 266 g/mol. The van der Waals surface area contributed by atoms with E-state index in [4.69, 9.17) is 9.47 Å². The van der Waals surface area contributed by atoms with Crippen molar-refractivity contribution in [2.45, 2.75) is 12.2 Å². The molecule has 1 amide bonds. The summed E-state index contributed by atoms with van der Waals surface area (Å²) in [6, 6.07) is 5.14. The van der Waals surface area contributed by atoms with E-state index in [-0.39, 0.29) is 17.9 Å². The van der Waals surface area contributed by atoms with Gasteiger partial charge in [0.25, 0.3) is 5.91 Å². The fourth-order valence-electron chi connectivity index (χ4n) is 2.03. The smallest absolute Gasteiger partial charge is 0.269 e. The third-order valence-electron chi connectivity index (χ3n) is 3.20. The number of carbonyl (C=O) groups is 1. The van der Waals surface area contributed by atoms with E-state index in [9.17, 15) is 9.90 Å². The van der Waals surface area contributed by atoms with Crippen LogP contribution in [0.4, 0.5) is 0 Å². The molecule has 104 valence electrons. The van der Waals surface area contributed by atoms with Crippen molar-refractivity contribution < 1.29 is 19.4 Å². The van der Waals surface area contributed by atoms with E-state index >= 15 is 0 Å². The van der Waals surface area contributed by atoms with Crippen molar-refractivity contribution in [3.63, 3.8) is 0 Å². The van der Waals surface area contributed by atoms with Gasteiger partial charge in [-0.25, -0.2) is 0 Å². The van der Waals surface area contributed by atoms with Crippen LogP contribution in [0.5, 0.6) is 0 Å². The quantitative estimate of drug-likeness (QED) is 0.791. The van der Waals surface area contributed by atoms with Crippen LogP contribution >= 0.6 is 0 Å². The summed E-state index contributed by atoms with van der Waals surface area (Å²) >= 11 is 0. The number of methoxy groups -OCH3 is 1. The van der Waals surface area contributed by atoms with E-state index in [1.807, 2.05) is 0 Å². The van der Waals surface area contributed by atoms with Crippen molar-refractivity contribution >= 4 is 5.91 Å². The van der Waals surface area contributed by atoms with Gasteiger partial charge in [0.15, 0.2) is 0 Å². The van der Waals surface area contributed by atoms with Crippen molar-refractivity contribution in [2.75, 3.05) is 26.9 Å². The summed E-state index contributed by atoms with van der Waals surface area (Å²) in [5.74, 6) is -0.432. The Hall–Kier alpha value is -1.50. The number of aliphatic hydroxyl groups excluding tert-OH is 1. The number of hydrogen-bond donors (Lipinski definition) is 2. The van der Waals surface area contributed by atoms with Crippen molar-refractivity contribution in [2.24, 2.45) is 5.92 Å². The molecule has 3 atom stereocenters. The first-order valence-corrected chi connectivity index (χ1v) is 6.20. The molecule has 2 rings (SSSR count). The van der Waals surface area contributed by atoms with Gasteiger partial charge in [0.2, 0.25) is 0 Å². The van der Waals surface area contributed by atoms with E-state index in [0.717, 1.165) is 0 Å². The van der Waals surface area contributed by atoms with Crippen LogP contribution in [-0.4, -0.2) is 55.1 Å². The van der Waals surface area contributed by atoms with Crippen LogP contribution in [0.1, 0.15) is 10.5 Å². The molecule has 1 aromatic rings. The molecule has 0 radical (unpaired) electrons. The van der Waals surface area contributed by atoms with Crippen LogP contribution < -0.4 is 5.32 Å². The summed E-state index contributed by atoms with van der Waals surface area (Å²) in [6.07, 6.45) is 0.585. The predicted octanol–water partition coefficient (Wildman–Crippen LogP) is -0.166. The van der Waals surface area contributed by atoms with Crippen LogP contribution in [0, 0.1) is 5.92 Å². The Kier molecular flexibility index (Phi) is 4.84. The lowest BCUT2D eigenvalue weighted by atomic mass is 9.96. The molecular weight excluding hydrogens is 248 g/mol. The minimum Gasteiger partial charge on any atom is -0.390 e. The van der Waals surface area contributed by atoms with E-state index in [1.165, 1.54) is 7.11 Å². The van der Waals surface area contributed by atoms with Gasteiger partial charge in [-0.05, 0) is 12.1 Å². The van der Waals surface area contributed by atoms with Crippen LogP contribution in [0.25, 0.3) is 0 Å². The van der Waals surface area contributed by atoms with E-state index < -0.39 is 6.10 Å². The number of aliphatic hydroxyl groups is 1. The Labute approximate surface area is 111 Å². The molecule has 6 nitrogen and oxygen atoms in total. The molecule has 0 aliphatic carbocycles. The predicted molar refractivity (Wildman–Crippen MR) is 67.7 cm³/mol. The highest BCUT2D eigenvalue weighted by atomic mass is 16.5. The number of nitrogens with one attached hydrogen (secondary N) is 1. The highest BCUT2D eigenvalue weighted by molar-refractivity contribution is 5.92. The third kappa shape index (κ3) is 3.50. The molecule has 1 fully saturated rings. The van der Waals surface area contributed by atoms with Gasteiger partial charge in [0.1, 0.15) is 11.8 Å². The lowest BCUT2D eigenvalue weighted by Crippen LogP contribution is -2.49. The topological polar surface area (TPSA) is 80.7 Å². The first-order valence-electron chi connectivity index (χ1n) is 6.20. The van der Waals surface area contributed by atoms with Gasteiger partial charge in [-0.15, -0.1) is 0 Å². The lowest BCUT2D eigenvalue weighted by Gasteiger charge is -2.33. The zero-order chi connectivity index (χ0) is 13.7. The minimum absolute atomic E-state index is 0.175. The molecule has 1 aliphatic rings. The zero-order valence-electron chi connectivity index (χ0n) is 10.8. The summed E-state index contributed by atoms with van der Waals surface area (Å²) in [6.45, 7) is 1.11. The van der Waals surface area contributed by atoms with Gasteiger partial charge in [0, 0.05) is 25.8 Å². The second-order valence-corrected chi connectivity index (χ2v) is 4.49. The summed E-state index contributed by atoms with van der Waals surface area (Å²) in [7, 11) is 1.53. The number of carbonyl (C=O) groups excluding carboxylic acids is 1. The van der Waals surface area contributed by atoms with Crippen molar-refractivity contribution in [3.8, 4) is 0 Å². The maximum atomic E-state index is 11.8. The standard InChI is InChI=1S/C13H18N2O4/c1-18-11-8-19-7-9(12(11)16)6-15-13(17)10-4-2-3-5-14-10/h2-5,9,11-12,16H,6-8H2,1H3,(H,15,17)/t9-,11-,12+/m1/s1. The second kappa shape index (κ2) is 6.60. The lowest BCUT2D eigenvalue weighted by molar-refractivity contribution is -0.132. The molecule has 0 bridgehead atoms. The molecule has 0 saturated carbocycles. The molecule has 2 heterocycles. The van der Waals surface area contributed by atoms with Gasteiger partial charge in [-0.2, -0.15) is 0 Å². The van der Waals surface area contributed by atoms with Gasteiger partial charge < -0.3 is 19.9 Å². The maximum Gasteiger partial charge on any atom is 0.269 e. The Balaban J connectivity index is 1.86. The summed E-state index contributed by atoms with van der Waals surface area (Å²) in [5.41, 5.74) is 0.358. The number of aromatic nitrogens is 1. The Morgan fingerprint density at radius 2 is 2.42 bits per heavy atom. The average Bonchev–Trinajstić information content (AvgIpc) is 2.47. The highest BCUT2D eigenvalue weighted by Crippen LogP contribution is 2.16. The molecule has 0 spiro atoms. The normalized spacial score (nSPS) is 26.9. The van der Waals surface area contributed by atoms with Crippen LogP contribution in [0.15, 0.2) is 24.4 Å². The molecule has 0 aromatic carbocycles. The van der Waals surface area contributed by atoms with Crippen molar-refractivity contribution in [1.29, 1.82) is 0 Å². The average molecular weight is 266 g/mol. The first kappa shape index (κ1) is 13.9. The summed E-state index contributed by atoms with van der Waals surface area (Å²) < 4.78 is 10.5. The SMILES string of the molecule is CO[C@@H]1COC[C@@H](CNC(=O)c2ccccn2)[C@@H]1O. The summed E-state index contributed by atoms with van der Waals surface area (Å²) in [5, 5.41) is 12.8. The maximum absolute atomic E-state index is 11.8. The largest absolute Gasteiger partial charge is 0.390 e. The van der Waals surface area contributed by atoms with Crippen molar-refractivity contribution in [1.82, 2.24) is 10.3 Å². The number of rotatable bonds is 4. The molecule has 19 heavy (non-hydrogen) atoms. The van der Waals surface area contributed by atoms with E-state index in [2.05, 4.69) is 10.3 Å². The Morgan fingerprint density at radius 1 is 1.58 bits per heavy atom. The first-order chi connectivity index (χ1) is 9.22. The Bertz CT molecular complexity index is 412. The summed E-state index contributed by atoms with van der Waals surface area (Å²) in [4.78, 5) is 15.8. The molecular formula is C13H18N2O4. The number of nitrogens with zero attached hydrogens (tertiary/aromatic N) is 1. The zero-order valence-corrected chi connectivity index (χ0v) is 10.8.